The van der Waals surface area contributed by atoms with E-state index in [0.29, 0.717) is 17.6 Å². The first-order chi connectivity index (χ1) is 12.1. The number of benzene rings is 2. The number of methoxy groups -OCH3 is 1. The van der Waals surface area contributed by atoms with Crippen molar-refractivity contribution in [3.05, 3.63) is 63.7 Å². The summed E-state index contributed by atoms with van der Waals surface area (Å²) in [4.78, 5) is 27.8. The predicted octanol–water partition coefficient (Wildman–Crippen LogP) is 2.45. The third-order valence-corrected chi connectivity index (χ3v) is 3.94. The Hall–Kier alpha value is -3.22. The Morgan fingerprint density at radius 3 is 2.56 bits per heavy atom. The van der Waals surface area contributed by atoms with Crippen LogP contribution in [0.1, 0.15) is 15.9 Å². The third kappa shape index (κ3) is 2.96. The zero-order valence-electron chi connectivity index (χ0n) is 13.7. The van der Waals surface area contributed by atoms with E-state index in [2.05, 4.69) is 10.3 Å². The molecule has 0 amide bonds. The highest BCUT2D eigenvalue weighted by molar-refractivity contribution is 5.86. The van der Waals surface area contributed by atoms with Gasteiger partial charge < -0.3 is 10.1 Å². The van der Waals surface area contributed by atoms with Gasteiger partial charge in [-0.05, 0) is 29.8 Å². The number of nitrogens with one attached hydrogen (secondary N) is 1. The maximum atomic E-state index is 14.7. The van der Waals surface area contributed by atoms with Gasteiger partial charge >= 0.3 is 0 Å². The van der Waals surface area contributed by atoms with Gasteiger partial charge in [-0.15, -0.1) is 0 Å². The van der Waals surface area contributed by atoms with Gasteiger partial charge in [-0.2, -0.15) is 0 Å². The van der Waals surface area contributed by atoms with Crippen LogP contribution in [0.25, 0.3) is 11.0 Å². The molecule has 0 aliphatic carbocycles. The largest absolute Gasteiger partial charge is 0.497 e. The molecule has 128 valence electrons. The van der Waals surface area contributed by atoms with E-state index in [0.717, 1.165) is 5.56 Å². The summed E-state index contributed by atoms with van der Waals surface area (Å²) < 4.78 is 21.1. The minimum atomic E-state index is -0.756. The van der Waals surface area contributed by atoms with Crippen LogP contribution < -0.4 is 15.6 Å². The highest BCUT2D eigenvalue weighted by Crippen LogP contribution is 2.21. The quantitative estimate of drug-likeness (QED) is 0.722. The van der Waals surface area contributed by atoms with Crippen LogP contribution >= 0.6 is 0 Å². The molecule has 0 saturated carbocycles. The van der Waals surface area contributed by atoms with Crippen LogP contribution in [-0.4, -0.2) is 30.0 Å². The molecule has 1 aromatic heterocycles. The second-order valence-electron chi connectivity index (χ2n) is 5.40. The second-order valence-corrected chi connectivity index (χ2v) is 5.40. The number of aldehydes is 1. The molecule has 0 unspecified atom stereocenters. The fourth-order valence-corrected chi connectivity index (χ4v) is 2.63. The van der Waals surface area contributed by atoms with E-state index < -0.39 is 11.4 Å². The monoisotopic (exact) mass is 341 g/mol. The van der Waals surface area contributed by atoms with Crippen molar-refractivity contribution in [2.24, 2.45) is 0 Å². The highest BCUT2D eigenvalue weighted by Gasteiger charge is 2.16. The Balaban J connectivity index is 2.24. The number of ether oxygens (including phenoxy) is 1. The molecule has 3 aromatic rings. The summed E-state index contributed by atoms with van der Waals surface area (Å²) in [5, 5.41) is 2.72. The van der Waals surface area contributed by atoms with Crippen LogP contribution in [0.2, 0.25) is 0 Å². The number of rotatable bonds is 5. The van der Waals surface area contributed by atoms with Gasteiger partial charge in [-0.3, -0.25) is 14.2 Å². The second kappa shape index (κ2) is 6.72. The van der Waals surface area contributed by atoms with E-state index >= 15 is 0 Å². The van der Waals surface area contributed by atoms with E-state index in [4.69, 9.17) is 4.74 Å². The molecular formula is C18H16FN3O3. The van der Waals surface area contributed by atoms with Gasteiger partial charge in [-0.25, -0.2) is 9.37 Å². The summed E-state index contributed by atoms with van der Waals surface area (Å²) in [6, 6.07) is 9.97. The average Bonchev–Trinajstić information content (AvgIpc) is 2.64. The summed E-state index contributed by atoms with van der Waals surface area (Å²) in [6.45, 7) is 0.135. The summed E-state index contributed by atoms with van der Waals surface area (Å²) >= 11 is 0. The fraction of sp³-hybridized carbons (Fsp3) is 0.167. The zero-order valence-corrected chi connectivity index (χ0v) is 13.7. The molecule has 6 nitrogen and oxygen atoms in total. The van der Waals surface area contributed by atoms with Gasteiger partial charge in [0.15, 0.2) is 17.9 Å². The van der Waals surface area contributed by atoms with Crippen molar-refractivity contribution in [1.29, 1.82) is 0 Å². The molecule has 0 aliphatic heterocycles. The Morgan fingerprint density at radius 2 is 1.96 bits per heavy atom. The predicted molar refractivity (Wildman–Crippen MR) is 93.0 cm³/mol. The molecule has 0 bridgehead atoms. The fourth-order valence-electron chi connectivity index (χ4n) is 2.63. The minimum absolute atomic E-state index is 0.00409. The normalized spacial score (nSPS) is 10.7. The summed E-state index contributed by atoms with van der Waals surface area (Å²) in [6.07, 6.45) is 0.420. The minimum Gasteiger partial charge on any atom is -0.497 e. The number of anilines is 1. The lowest BCUT2D eigenvalue weighted by molar-refractivity contribution is 0.112. The van der Waals surface area contributed by atoms with Gasteiger partial charge in [0.2, 0.25) is 0 Å². The van der Waals surface area contributed by atoms with Crippen molar-refractivity contribution in [3.63, 3.8) is 0 Å². The molecule has 0 atom stereocenters. The van der Waals surface area contributed by atoms with E-state index in [-0.39, 0.29) is 23.4 Å². The van der Waals surface area contributed by atoms with Crippen LogP contribution in [0.5, 0.6) is 5.75 Å². The van der Waals surface area contributed by atoms with Crippen molar-refractivity contribution in [3.8, 4) is 5.75 Å². The van der Waals surface area contributed by atoms with Crippen LogP contribution in [0.15, 0.2) is 41.2 Å². The molecule has 0 fully saturated rings. The number of halogens is 1. The smallest absolute Gasteiger partial charge is 0.294 e. The average molecular weight is 341 g/mol. The van der Waals surface area contributed by atoms with Gasteiger partial charge in [0, 0.05) is 7.05 Å². The number of hydrogen-bond acceptors (Lipinski definition) is 5. The van der Waals surface area contributed by atoms with Crippen molar-refractivity contribution in [2.75, 3.05) is 19.5 Å². The maximum absolute atomic E-state index is 14.7. The Kier molecular flexibility index (Phi) is 4.47. The number of fused-ring (bicyclic) bond motifs is 1. The molecule has 0 aliphatic rings. The summed E-state index contributed by atoms with van der Waals surface area (Å²) in [5.41, 5.74) is 0.500. The van der Waals surface area contributed by atoms with Crippen LogP contribution in [0, 0.1) is 5.82 Å². The van der Waals surface area contributed by atoms with E-state index in [9.17, 15) is 14.0 Å². The Bertz CT molecular complexity index is 997. The van der Waals surface area contributed by atoms with Crippen LogP contribution in [0.3, 0.4) is 0 Å². The lowest BCUT2D eigenvalue weighted by atomic mass is 10.1. The zero-order chi connectivity index (χ0) is 18.0. The molecule has 0 saturated heterocycles. The van der Waals surface area contributed by atoms with Gasteiger partial charge in [-0.1, -0.05) is 12.1 Å². The first-order valence-corrected chi connectivity index (χ1v) is 7.58. The number of aromatic nitrogens is 2. The number of carbonyl (C=O) groups excluding carboxylic acids is 1. The van der Waals surface area contributed by atoms with Crippen molar-refractivity contribution < 1.29 is 13.9 Å². The molecular weight excluding hydrogens is 325 g/mol. The molecule has 25 heavy (non-hydrogen) atoms. The summed E-state index contributed by atoms with van der Waals surface area (Å²) in [5.74, 6) is 0.0357. The number of hydrogen-bond donors (Lipinski definition) is 1. The van der Waals surface area contributed by atoms with Gasteiger partial charge in [0.25, 0.3) is 5.56 Å². The molecule has 7 heteroatoms. The van der Waals surface area contributed by atoms with E-state index in [1.165, 1.54) is 16.7 Å². The van der Waals surface area contributed by atoms with Crippen LogP contribution in [-0.2, 0) is 6.54 Å². The highest BCUT2D eigenvalue weighted by atomic mass is 19.1. The Morgan fingerprint density at radius 1 is 1.24 bits per heavy atom. The molecule has 3 rings (SSSR count). The number of carbonyl (C=O) groups is 1. The lowest BCUT2D eigenvalue weighted by Gasteiger charge is -2.14. The maximum Gasteiger partial charge on any atom is 0.294 e. The first-order valence-electron chi connectivity index (χ1n) is 7.58. The molecule has 1 N–H and O–H groups in total. The molecule has 1 heterocycles. The SMILES string of the molecule is CNc1nc2ccc(C=O)c(F)c2n(Cc2ccc(OC)cc2)c1=O. The first kappa shape index (κ1) is 16.6. The summed E-state index contributed by atoms with van der Waals surface area (Å²) in [7, 11) is 3.13. The topological polar surface area (TPSA) is 73.2 Å². The molecule has 0 spiro atoms. The molecule has 0 radical (unpaired) electrons. The van der Waals surface area contributed by atoms with Crippen molar-refractivity contribution in [2.45, 2.75) is 6.54 Å². The van der Waals surface area contributed by atoms with E-state index in [1.807, 2.05) is 0 Å². The van der Waals surface area contributed by atoms with Crippen LogP contribution in [0.4, 0.5) is 10.2 Å². The van der Waals surface area contributed by atoms with Crippen molar-refractivity contribution in [1.82, 2.24) is 9.55 Å². The standard InChI is InChI=1S/C18H16FN3O3/c1-20-17-18(24)22(9-11-3-6-13(25-2)7-4-11)16-14(21-17)8-5-12(10-23)15(16)19/h3-8,10H,9H2,1-2H3,(H,20,21). The van der Waals surface area contributed by atoms with Gasteiger partial charge in [0.1, 0.15) is 11.3 Å². The number of nitrogens with zero attached hydrogens (tertiary/aromatic N) is 2. The van der Waals surface area contributed by atoms with E-state index in [1.54, 1.807) is 38.4 Å². The van der Waals surface area contributed by atoms with Gasteiger partial charge in [0.05, 0.1) is 24.7 Å². The van der Waals surface area contributed by atoms with Crippen molar-refractivity contribution >= 4 is 23.1 Å². The third-order valence-electron chi connectivity index (χ3n) is 3.94. The molecule has 2 aromatic carbocycles. The Labute approximate surface area is 142 Å². The lowest BCUT2D eigenvalue weighted by Crippen LogP contribution is -2.26.